The van der Waals surface area contributed by atoms with Crippen molar-refractivity contribution in [2.45, 2.75) is 0 Å². The van der Waals surface area contributed by atoms with Gasteiger partial charge in [-0.15, -0.1) is 0 Å². The van der Waals surface area contributed by atoms with E-state index in [0.29, 0.717) is 11.3 Å². The largest absolute Gasteiger partial charge is 0.366 e. The summed E-state index contributed by atoms with van der Waals surface area (Å²) in [7, 11) is 0. The number of amides is 3. The zero-order chi connectivity index (χ0) is 15.9. The summed E-state index contributed by atoms with van der Waals surface area (Å²) in [5, 5.41) is 4.99. The molecule has 1 aromatic heterocycles. The summed E-state index contributed by atoms with van der Waals surface area (Å²) in [6.07, 6.45) is 2.94. The van der Waals surface area contributed by atoms with Crippen LogP contribution in [0.4, 0.5) is 5.69 Å². The van der Waals surface area contributed by atoms with Crippen LogP contribution in [0.2, 0.25) is 0 Å². The Morgan fingerprint density at radius 1 is 1.09 bits per heavy atom. The molecule has 0 unspecified atom stereocenters. The minimum absolute atomic E-state index is 0.203. The average Bonchev–Trinajstić information content (AvgIpc) is 2.53. The SMILES string of the molecule is NC(=O)c1ccccc1NC(=O)CNC(=O)c1cccnc1. The van der Waals surface area contributed by atoms with E-state index in [4.69, 9.17) is 5.73 Å². The number of para-hydroxylation sites is 1. The molecule has 2 aromatic rings. The maximum Gasteiger partial charge on any atom is 0.253 e. The Balaban J connectivity index is 1.94. The number of aromatic nitrogens is 1. The van der Waals surface area contributed by atoms with Crippen LogP contribution < -0.4 is 16.4 Å². The zero-order valence-electron chi connectivity index (χ0n) is 11.6. The van der Waals surface area contributed by atoms with Crippen molar-refractivity contribution in [3.63, 3.8) is 0 Å². The lowest BCUT2D eigenvalue weighted by molar-refractivity contribution is -0.115. The van der Waals surface area contributed by atoms with E-state index in [1.165, 1.54) is 12.3 Å². The number of rotatable bonds is 5. The number of primary amides is 1. The molecule has 0 atom stereocenters. The fourth-order valence-electron chi connectivity index (χ4n) is 1.76. The fourth-order valence-corrected chi connectivity index (χ4v) is 1.76. The molecule has 0 aliphatic rings. The van der Waals surface area contributed by atoms with Crippen molar-refractivity contribution in [2.75, 3.05) is 11.9 Å². The van der Waals surface area contributed by atoms with Gasteiger partial charge in [0.05, 0.1) is 23.4 Å². The first-order valence-corrected chi connectivity index (χ1v) is 6.45. The van der Waals surface area contributed by atoms with E-state index in [9.17, 15) is 14.4 Å². The van der Waals surface area contributed by atoms with Gasteiger partial charge in [0.15, 0.2) is 0 Å². The molecule has 1 heterocycles. The summed E-state index contributed by atoms with van der Waals surface area (Å²) < 4.78 is 0. The third-order valence-electron chi connectivity index (χ3n) is 2.80. The van der Waals surface area contributed by atoms with Gasteiger partial charge in [0.25, 0.3) is 11.8 Å². The highest BCUT2D eigenvalue weighted by Gasteiger charge is 2.11. The average molecular weight is 298 g/mol. The van der Waals surface area contributed by atoms with Crippen LogP contribution in [-0.2, 0) is 4.79 Å². The third-order valence-corrected chi connectivity index (χ3v) is 2.80. The van der Waals surface area contributed by atoms with Gasteiger partial charge in [-0.05, 0) is 24.3 Å². The van der Waals surface area contributed by atoms with Crippen LogP contribution in [-0.4, -0.2) is 29.3 Å². The van der Waals surface area contributed by atoms with E-state index in [1.54, 1.807) is 36.5 Å². The number of pyridine rings is 1. The predicted octanol–water partition coefficient (Wildman–Crippen LogP) is 0.549. The van der Waals surface area contributed by atoms with Gasteiger partial charge in [-0.2, -0.15) is 0 Å². The summed E-state index contributed by atoms with van der Waals surface area (Å²) in [6.45, 7) is -0.235. The van der Waals surface area contributed by atoms with Gasteiger partial charge in [-0.1, -0.05) is 12.1 Å². The number of nitrogens with one attached hydrogen (secondary N) is 2. The number of carbonyl (C=O) groups is 3. The molecule has 0 spiro atoms. The number of nitrogens with zero attached hydrogens (tertiary/aromatic N) is 1. The van der Waals surface area contributed by atoms with Crippen molar-refractivity contribution in [1.29, 1.82) is 0 Å². The highest BCUT2D eigenvalue weighted by Crippen LogP contribution is 2.13. The lowest BCUT2D eigenvalue weighted by Gasteiger charge is -2.09. The molecule has 0 bridgehead atoms. The van der Waals surface area contributed by atoms with Crippen molar-refractivity contribution in [2.24, 2.45) is 5.73 Å². The molecule has 0 aliphatic carbocycles. The summed E-state index contributed by atoms with van der Waals surface area (Å²) >= 11 is 0. The predicted molar refractivity (Wildman–Crippen MR) is 80.2 cm³/mol. The van der Waals surface area contributed by atoms with Crippen molar-refractivity contribution < 1.29 is 14.4 Å². The van der Waals surface area contributed by atoms with E-state index in [1.807, 2.05) is 0 Å². The normalized spacial score (nSPS) is 9.82. The first kappa shape index (κ1) is 15.2. The van der Waals surface area contributed by atoms with Gasteiger partial charge in [-0.3, -0.25) is 19.4 Å². The molecule has 3 amide bonds. The van der Waals surface area contributed by atoms with E-state index >= 15 is 0 Å². The molecule has 2 rings (SSSR count). The Morgan fingerprint density at radius 2 is 1.86 bits per heavy atom. The molecule has 0 saturated heterocycles. The second kappa shape index (κ2) is 6.98. The van der Waals surface area contributed by atoms with Gasteiger partial charge < -0.3 is 16.4 Å². The van der Waals surface area contributed by atoms with E-state index in [2.05, 4.69) is 15.6 Å². The summed E-state index contributed by atoms with van der Waals surface area (Å²) in [5.74, 6) is -1.52. The molecule has 0 radical (unpaired) electrons. The van der Waals surface area contributed by atoms with Crippen molar-refractivity contribution in [3.05, 3.63) is 59.9 Å². The number of hydrogen-bond donors (Lipinski definition) is 3. The Bertz CT molecular complexity index is 701. The molecular weight excluding hydrogens is 284 g/mol. The Morgan fingerprint density at radius 3 is 2.55 bits per heavy atom. The minimum Gasteiger partial charge on any atom is -0.366 e. The van der Waals surface area contributed by atoms with E-state index < -0.39 is 17.7 Å². The van der Waals surface area contributed by atoms with Gasteiger partial charge >= 0.3 is 0 Å². The van der Waals surface area contributed by atoms with Gasteiger partial charge in [-0.25, -0.2) is 0 Å². The van der Waals surface area contributed by atoms with Crippen LogP contribution in [0.15, 0.2) is 48.8 Å². The van der Waals surface area contributed by atoms with Gasteiger partial charge in [0.1, 0.15) is 0 Å². The molecule has 1 aromatic carbocycles. The molecule has 7 nitrogen and oxygen atoms in total. The van der Waals surface area contributed by atoms with E-state index in [0.717, 1.165) is 0 Å². The highest BCUT2D eigenvalue weighted by molar-refractivity contribution is 6.04. The first-order valence-electron chi connectivity index (χ1n) is 6.45. The topological polar surface area (TPSA) is 114 Å². The number of carbonyl (C=O) groups excluding carboxylic acids is 3. The molecule has 7 heteroatoms. The quantitative estimate of drug-likeness (QED) is 0.747. The van der Waals surface area contributed by atoms with Crippen LogP contribution >= 0.6 is 0 Å². The van der Waals surface area contributed by atoms with Crippen molar-refractivity contribution in [1.82, 2.24) is 10.3 Å². The maximum atomic E-state index is 11.8. The summed E-state index contributed by atoms with van der Waals surface area (Å²) in [5.41, 5.74) is 6.08. The first-order chi connectivity index (χ1) is 10.6. The Kier molecular flexibility index (Phi) is 4.81. The Labute approximate surface area is 126 Å². The lowest BCUT2D eigenvalue weighted by Crippen LogP contribution is -2.33. The van der Waals surface area contributed by atoms with Gasteiger partial charge in [0.2, 0.25) is 5.91 Å². The zero-order valence-corrected chi connectivity index (χ0v) is 11.6. The summed E-state index contributed by atoms with van der Waals surface area (Å²) in [4.78, 5) is 38.7. The molecule has 0 fully saturated rings. The van der Waals surface area contributed by atoms with Gasteiger partial charge in [0, 0.05) is 12.4 Å². The van der Waals surface area contributed by atoms with Crippen LogP contribution in [0, 0.1) is 0 Å². The molecule has 112 valence electrons. The number of benzene rings is 1. The monoisotopic (exact) mass is 298 g/mol. The van der Waals surface area contributed by atoms with E-state index in [-0.39, 0.29) is 12.1 Å². The van der Waals surface area contributed by atoms with Crippen LogP contribution in [0.1, 0.15) is 20.7 Å². The molecule has 0 aliphatic heterocycles. The Hall–Kier alpha value is -3.22. The smallest absolute Gasteiger partial charge is 0.253 e. The van der Waals surface area contributed by atoms with Crippen molar-refractivity contribution >= 4 is 23.4 Å². The van der Waals surface area contributed by atoms with Crippen LogP contribution in [0.5, 0.6) is 0 Å². The number of nitrogens with two attached hydrogens (primary N) is 1. The van der Waals surface area contributed by atoms with Crippen molar-refractivity contribution in [3.8, 4) is 0 Å². The third kappa shape index (κ3) is 3.89. The maximum absolute atomic E-state index is 11.8. The summed E-state index contributed by atoms with van der Waals surface area (Å²) in [6, 6.07) is 9.57. The molecular formula is C15H14N4O3. The second-order valence-corrected chi connectivity index (χ2v) is 4.38. The van der Waals surface area contributed by atoms with Crippen LogP contribution in [0.25, 0.3) is 0 Å². The van der Waals surface area contributed by atoms with Crippen LogP contribution in [0.3, 0.4) is 0 Å². The minimum atomic E-state index is -0.643. The number of hydrogen-bond acceptors (Lipinski definition) is 4. The molecule has 4 N–H and O–H groups in total. The standard InChI is InChI=1S/C15H14N4O3/c16-14(21)11-5-1-2-6-12(11)19-13(20)9-18-15(22)10-4-3-7-17-8-10/h1-8H,9H2,(H2,16,21)(H,18,22)(H,19,20). The number of anilines is 1. The fraction of sp³-hybridized carbons (Fsp3) is 0.0667. The highest BCUT2D eigenvalue weighted by atomic mass is 16.2. The molecule has 0 saturated carbocycles. The lowest BCUT2D eigenvalue weighted by atomic mass is 10.1. The second-order valence-electron chi connectivity index (χ2n) is 4.38. The molecule has 22 heavy (non-hydrogen) atoms.